The molecule has 0 saturated heterocycles. The van der Waals surface area contributed by atoms with Crippen LogP contribution in [0.1, 0.15) is 32.6 Å². The summed E-state index contributed by atoms with van der Waals surface area (Å²) < 4.78 is 0.898. The average Bonchev–Trinajstić information content (AvgIpc) is 1.88. The van der Waals surface area contributed by atoms with E-state index in [-0.39, 0.29) is 5.60 Å². The number of halogens is 1. The Kier molecular flexibility index (Phi) is 2.98. The van der Waals surface area contributed by atoms with Crippen LogP contribution < -0.4 is 0 Å². The zero-order valence-electron chi connectivity index (χ0n) is 6.44. The third kappa shape index (κ3) is 2.09. The number of hydrogen-bond acceptors (Lipinski definition) is 1. The van der Waals surface area contributed by atoms with Gasteiger partial charge in [0.05, 0.1) is 5.60 Å². The maximum atomic E-state index is 9.84. The summed E-state index contributed by atoms with van der Waals surface area (Å²) in [4.78, 5) is 0. The molecule has 1 nitrogen and oxygen atoms in total. The predicted molar refractivity (Wildman–Crippen MR) is 51.5 cm³/mol. The second kappa shape index (κ2) is 3.39. The van der Waals surface area contributed by atoms with Crippen molar-refractivity contribution in [1.82, 2.24) is 0 Å². The lowest BCUT2D eigenvalue weighted by atomic mass is 9.80. The van der Waals surface area contributed by atoms with Gasteiger partial charge in [-0.05, 0) is 18.8 Å². The van der Waals surface area contributed by atoms with Crippen LogP contribution in [0.4, 0.5) is 0 Å². The third-order valence-electron chi connectivity index (χ3n) is 2.32. The summed E-state index contributed by atoms with van der Waals surface area (Å²) >= 11 is 2.28. The molecule has 0 spiro atoms. The summed E-state index contributed by atoms with van der Waals surface area (Å²) in [5, 5.41) is 9.84. The Morgan fingerprint density at radius 1 is 1.70 bits per heavy atom. The van der Waals surface area contributed by atoms with E-state index in [1.54, 1.807) is 0 Å². The van der Waals surface area contributed by atoms with Crippen molar-refractivity contribution < 1.29 is 5.11 Å². The first-order valence-corrected chi connectivity index (χ1v) is 5.47. The summed E-state index contributed by atoms with van der Waals surface area (Å²) in [7, 11) is 0. The van der Waals surface area contributed by atoms with Gasteiger partial charge >= 0.3 is 0 Å². The average molecular weight is 254 g/mol. The molecule has 1 aliphatic carbocycles. The minimum atomic E-state index is -0.321. The Bertz CT molecular complexity index is 116. The lowest BCUT2D eigenvalue weighted by molar-refractivity contribution is 0.0118. The van der Waals surface area contributed by atoms with Crippen LogP contribution in [0, 0.1) is 5.92 Å². The SMILES string of the molecule is C[C@@H]1CCC[C@@](O)(CI)C1. The quantitative estimate of drug-likeness (QED) is 0.562. The number of aliphatic hydroxyl groups is 1. The molecule has 0 aromatic carbocycles. The van der Waals surface area contributed by atoms with Crippen molar-refractivity contribution in [1.29, 1.82) is 0 Å². The molecule has 0 aromatic heterocycles. The molecule has 1 N–H and O–H groups in total. The molecule has 0 aliphatic heterocycles. The van der Waals surface area contributed by atoms with Crippen molar-refractivity contribution in [2.45, 2.75) is 38.2 Å². The zero-order chi connectivity index (χ0) is 7.61. The molecule has 0 unspecified atom stereocenters. The molecule has 0 aromatic rings. The first kappa shape index (κ1) is 8.78. The van der Waals surface area contributed by atoms with E-state index in [0.29, 0.717) is 0 Å². The summed E-state index contributed by atoms with van der Waals surface area (Å²) in [5.74, 6) is 0.730. The zero-order valence-corrected chi connectivity index (χ0v) is 8.60. The van der Waals surface area contributed by atoms with Crippen LogP contribution in [-0.2, 0) is 0 Å². The highest BCUT2D eigenvalue weighted by molar-refractivity contribution is 14.1. The maximum absolute atomic E-state index is 9.84. The van der Waals surface area contributed by atoms with E-state index in [2.05, 4.69) is 29.5 Å². The van der Waals surface area contributed by atoms with Gasteiger partial charge in [0.2, 0.25) is 0 Å². The second-order valence-electron chi connectivity index (χ2n) is 3.56. The molecule has 1 aliphatic rings. The second-order valence-corrected chi connectivity index (χ2v) is 4.32. The van der Waals surface area contributed by atoms with Gasteiger partial charge < -0.3 is 5.11 Å². The van der Waals surface area contributed by atoms with Gasteiger partial charge in [0, 0.05) is 4.43 Å². The predicted octanol–water partition coefficient (Wildman–Crippen LogP) is 2.36. The topological polar surface area (TPSA) is 20.2 Å². The molecular formula is C8H15IO. The van der Waals surface area contributed by atoms with Gasteiger partial charge in [-0.3, -0.25) is 0 Å². The van der Waals surface area contributed by atoms with Crippen LogP contribution in [0.15, 0.2) is 0 Å². The van der Waals surface area contributed by atoms with Gasteiger partial charge in [0.25, 0.3) is 0 Å². The highest BCUT2D eigenvalue weighted by Crippen LogP contribution is 2.33. The van der Waals surface area contributed by atoms with Gasteiger partial charge in [-0.25, -0.2) is 0 Å². The fourth-order valence-corrected chi connectivity index (χ4v) is 2.45. The Morgan fingerprint density at radius 3 is 2.80 bits per heavy atom. The first-order valence-electron chi connectivity index (χ1n) is 3.95. The number of hydrogen-bond donors (Lipinski definition) is 1. The van der Waals surface area contributed by atoms with Crippen molar-refractivity contribution in [2.24, 2.45) is 5.92 Å². The standard InChI is InChI=1S/C8H15IO/c1-7-3-2-4-8(10,5-7)6-9/h7,10H,2-6H2,1H3/t7-,8+/m1/s1. The molecule has 10 heavy (non-hydrogen) atoms. The van der Waals surface area contributed by atoms with Crippen molar-refractivity contribution in [3.8, 4) is 0 Å². The van der Waals surface area contributed by atoms with E-state index in [9.17, 15) is 5.11 Å². The maximum Gasteiger partial charge on any atom is 0.0739 e. The highest BCUT2D eigenvalue weighted by atomic mass is 127. The molecule has 0 amide bonds. The molecule has 1 fully saturated rings. The van der Waals surface area contributed by atoms with Crippen molar-refractivity contribution in [3.05, 3.63) is 0 Å². The van der Waals surface area contributed by atoms with Crippen LogP contribution in [0.2, 0.25) is 0 Å². The normalized spacial score (nSPS) is 41.7. The van der Waals surface area contributed by atoms with E-state index < -0.39 is 0 Å². The largest absolute Gasteiger partial charge is 0.389 e. The minimum Gasteiger partial charge on any atom is -0.389 e. The van der Waals surface area contributed by atoms with Gasteiger partial charge in [-0.1, -0.05) is 42.4 Å². The van der Waals surface area contributed by atoms with Crippen LogP contribution in [0.25, 0.3) is 0 Å². The molecule has 0 heterocycles. The molecule has 60 valence electrons. The van der Waals surface area contributed by atoms with Gasteiger partial charge in [0.1, 0.15) is 0 Å². The van der Waals surface area contributed by atoms with Crippen LogP contribution in [0.5, 0.6) is 0 Å². The minimum absolute atomic E-state index is 0.321. The first-order chi connectivity index (χ1) is 4.66. The molecule has 2 heteroatoms. The van der Waals surface area contributed by atoms with E-state index in [1.165, 1.54) is 12.8 Å². The monoisotopic (exact) mass is 254 g/mol. The lowest BCUT2D eigenvalue weighted by Crippen LogP contribution is -2.35. The smallest absolute Gasteiger partial charge is 0.0739 e. The van der Waals surface area contributed by atoms with E-state index >= 15 is 0 Å². The van der Waals surface area contributed by atoms with Crippen molar-refractivity contribution >= 4 is 22.6 Å². The fourth-order valence-electron chi connectivity index (χ4n) is 1.75. The molecule has 2 atom stereocenters. The summed E-state index contributed by atoms with van der Waals surface area (Å²) in [6.45, 7) is 2.23. The Hall–Kier alpha value is 0.690. The molecule has 0 radical (unpaired) electrons. The van der Waals surface area contributed by atoms with Crippen LogP contribution in [0.3, 0.4) is 0 Å². The van der Waals surface area contributed by atoms with E-state index in [4.69, 9.17) is 0 Å². The van der Waals surface area contributed by atoms with Gasteiger partial charge in [0.15, 0.2) is 0 Å². The van der Waals surface area contributed by atoms with Crippen LogP contribution in [-0.4, -0.2) is 15.1 Å². The fraction of sp³-hybridized carbons (Fsp3) is 1.00. The highest BCUT2D eigenvalue weighted by Gasteiger charge is 2.30. The lowest BCUT2D eigenvalue weighted by Gasteiger charge is -2.33. The summed E-state index contributed by atoms with van der Waals surface area (Å²) in [6, 6.07) is 0. The third-order valence-corrected chi connectivity index (χ3v) is 3.74. The van der Waals surface area contributed by atoms with E-state index in [1.807, 2.05) is 0 Å². The Balaban J connectivity index is 2.45. The van der Waals surface area contributed by atoms with Crippen molar-refractivity contribution in [3.63, 3.8) is 0 Å². The molecule has 0 bridgehead atoms. The summed E-state index contributed by atoms with van der Waals surface area (Å²) in [5.41, 5.74) is -0.321. The molecule has 1 saturated carbocycles. The van der Waals surface area contributed by atoms with Gasteiger partial charge in [-0.15, -0.1) is 0 Å². The number of rotatable bonds is 1. The Morgan fingerprint density at radius 2 is 2.40 bits per heavy atom. The van der Waals surface area contributed by atoms with Crippen LogP contribution >= 0.6 is 22.6 Å². The van der Waals surface area contributed by atoms with E-state index in [0.717, 1.165) is 23.2 Å². The van der Waals surface area contributed by atoms with Gasteiger partial charge in [-0.2, -0.15) is 0 Å². The Labute approximate surface area is 76.3 Å². The molecule has 1 rings (SSSR count). The number of alkyl halides is 1. The summed E-state index contributed by atoms with van der Waals surface area (Å²) in [6.07, 6.45) is 4.54. The van der Waals surface area contributed by atoms with Crippen molar-refractivity contribution in [2.75, 3.05) is 4.43 Å². The molecular weight excluding hydrogens is 239 g/mol.